The number of hydrogen-bond donors (Lipinski definition) is 2. The number of carbonyl (C=O) groups is 1. The predicted molar refractivity (Wildman–Crippen MR) is 109 cm³/mol. The summed E-state index contributed by atoms with van der Waals surface area (Å²) in [5.74, 6) is -0.219. The molecule has 3 heterocycles. The smallest absolute Gasteiger partial charge is 0.284 e. The summed E-state index contributed by atoms with van der Waals surface area (Å²) in [5.41, 5.74) is 13.1. The molecule has 3 aromatic rings. The molecule has 0 fully saturated rings. The number of carbonyl (C=O) groups excluding carboxylic acids is 1. The molecule has 0 aliphatic carbocycles. The van der Waals surface area contributed by atoms with Crippen molar-refractivity contribution in [3.05, 3.63) is 89.2 Å². The summed E-state index contributed by atoms with van der Waals surface area (Å²) in [5, 5.41) is 0. The minimum atomic E-state index is -0.219. The summed E-state index contributed by atoms with van der Waals surface area (Å²) in [6.45, 7) is 0.650. The fourth-order valence-electron chi connectivity index (χ4n) is 3.51. The third-order valence-corrected chi connectivity index (χ3v) is 4.89. The highest BCUT2D eigenvalue weighted by Crippen LogP contribution is 2.34. The van der Waals surface area contributed by atoms with Crippen molar-refractivity contribution in [3.8, 4) is 0 Å². The molecule has 0 spiro atoms. The zero-order valence-electron chi connectivity index (χ0n) is 15.0. The Labute approximate surface area is 162 Å². The molecule has 1 amide bonds. The van der Waals surface area contributed by atoms with Crippen molar-refractivity contribution in [2.75, 3.05) is 5.43 Å². The van der Waals surface area contributed by atoms with Gasteiger partial charge in [0.25, 0.3) is 5.91 Å². The number of hydrazine groups is 1. The number of fused-ring (bicyclic) bond motifs is 2. The molecule has 5 rings (SSSR count). The van der Waals surface area contributed by atoms with E-state index in [9.17, 15) is 4.79 Å². The fraction of sp³-hybridized carbons (Fsp3) is 0.0909. The van der Waals surface area contributed by atoms with E-state index >= 15 is 0 Å². The van der Waals surface area contributed by atoms with Crippen molar-refractivity contribution in [2.24, 2.45) is 9.98 Å². The van der Waals surface area contributed by atoms with Gasteiger partial charge in [-0.3, -0.25) is 25.6 Å². The van der Waals surface area contributed by atoms with Crippen molar-refractivity contribution in [1.29, 1.82) is 0 Å². The molecule has 2 aliphatic heterocycles. The number of hydrogen-bond acceptors (Lipinski definition) is 5. The molecule has 2 aromatic carbocycles. The van der Waals surface area contributed by atoms with Crippen molar-refractivity contribution in [1.82, 2.24) is 10.4 Å². The van der Waals surface area contributed by atoms with E-state index in [2.05, 4.69) is 31.9 Å². The Morgan fingerprint density at radius 3 is 2.61 bits per heavy atom. The minimum Gasteiger partial charge on any atom is -0.298 e. The molecule has 0 unspecified atom stereocenters. The molecule has 0 atom stereocenters. The monoisotopic (exact) mass is 367 g/mol. The van der Waals surface area contributed by atoms with Gasteiger partial charge in [-0.15, -0.1) is 0 Å². The van der Waals surface area contributed by atoms with E-state index in [1.54, 1.807) is 12.4 Å². The van der Waals surface area contributed by atoms with Crippen LogP contribution in [0.4, 0.5) is 11.4 Å². The lowest BCUT2D eigenvalue weighted by Crippen LogP contribution is -2.35. The Kier molecular flexibility index (Phi) is 3.94. The van der Waals surface area contributed by atoms with Crippen molar-refractivity contribution < 1.29 is 4.79 Å². The second-order valence-electron chi connectivity index (χ2n) is 6.72. The summed E-state index contributed by atoms with van der Waals surface area (Å²) in [6.07, 6.45) is 4.06. The summed E-state index contributed by atoms with van der Waals surface area (Å²) in [4.78, 5) is 25.8. The van der Waals surface area contributed by atoms with Gasteiger partial charge in [0, 0.05) is 29.9 Å². The molecule has 6 nitrogen and oxygen atoms in total. The Morgan fingerprint density at radius 1 is 0.964 bits per heavy atom. The van der Waals surface area contributed by atoms with Gasteiger partial charge in [-0.05, 0) is 41.5 Å². The lowest BCUT2D eigenvalue weighted by atomic mass is 9.97. The van der Waals surface area contributed by atoms with Crippen LogP contribution in [0.3, 0.4) is 0 Å². The third-order valence-electron chi connectivity index (χ3n) is 4.89. The van der Waals surface area contributed by atoms with Crippen LogP contribution in [0.1, 0.15) is 22.3 Å². The summed E-state index contributed by atoms with van der Waals surface area (Å²) < 4.78 is 0. The van der Waals surface area contributed by atoms with E-state index in [-0.39, 0.29) is 5.91 Å². The van der Waals surface area contributed by atoms with E-state index in [1.807, 2.05) is 48.5 Å². The molecule has 6 heteroatoms. The van der Waals surface area contributed by atoms with Gasteiger partial charge in [-0.1, -0.05) is 24.3 Å². The van der Waals surface area contributed by atoms with Crippen LogP contribution in [-0.4, -0.2) is 22.3 Å². The highest BCUT2D eigenvalue weighted by Gasteiger charge is 2.25. The van der Waals surface area contributed by atoms with Gasteiger partial charge in [0.2, 0.25) is 0 Å². The van der Waals surface area contributed by atoms with Crippen LogP contribution in [0.5, 0.6) is 0 Å². The van der Waals surface area contributed by atoms with E-state index in [0.29, 0.717) is 18.7 Å². The Hall–Kier alpha value is -3.80. The highest BCUT2D eigenvalue weighted by atomic mass is 16.2. The number of rotatable bonds is 4. The van der Waals surface area contributed by atoms with Crippen LogP contribution in [0.15, 0.2) is 77.0 Å². The zero-order valence-corrected chi connectivity index (χ0v) is 15.0. The topological polar surface area (TPSA) is 78.7 Å². The number of pyridine rings is 1. The maximum absolute atomic E-state index is 12.5. The number of nitrogens with one attached hydrogen (secondary N) is 2. The van der Waals surface area contributed by atoms with Crippen molar-refractivity contribution >= 4 is 28.7 Å². The Bertz CT molecular complexity index is 1120. The molecule has 1 aromatic heterocycles. The second-order valence-corrected chi connectivity index (χ2v) is 6.72. The van der Waals surface area contributed by atoms with Gasteiger partial charge in [0.15, 0.2) is 0 Å². The maximum Gasteiger partial charge on any atom is 0.284 e. The lowest BCUT2D eigenvalue weighted by Gasteiger charge is -2.07. The minimum absolute atomic E-state index is 0.219. The van der Waals surface area contributed by atoms with Gasteiger partial charge in [-0.25, -0.2) is 4.99 Å². The van der Waals surface area contributed by atoms with E-state index in [4.69, 9.17) is 0 Å². The highest BCUT2D eigenvalue weighted by molar-refractivity contribution is 6.41. The number of nitrogens with zero attached hydrogens (tertiary/aromatic N) is 3. The van der Waals surface area contributed by atoms with E-state index in [1.165, 1.54) is 5.56 Å². The van der Waals surface area contributed by atoms with Crippen LogP contribution in [0, 0.1) is 0 Å². The second kappa shape index (κ2) is 6.74. The number of anilines is 1. The quantitative estimate of drug-likeness (QED) is 0.695. The van der Waals surface area contributed by atoms with Gasteiger partial charge in [0.1, 0.15) is 5.71 Å². The molecule has 0 radical (unpaired) electrons. The van der Waals surface area contributed by atoms with Crippen LogP contribution in [0.2, 0.25) is 0 Å². The van der Waals surface area contributed by atoms with Crippen molar-refractivity contribution in [2.45, 2.75) is 13.0 Å². The number of aliphatic imine (C=N–C) groups is 2. The summed E-state index contributed by atoms with van der Waals surface area (Å²) in [6, 6.07) is 17.6. The first-order valence-electron chi connectivity index (χ1n) is 9.08. The van der Waals surface area contributed by atoms with Crippen LogP contribution in [0.25, 0.3) is 0 Å². The first-order valence-corrected chi connectivity index (χ1v) is 9.08. The Morgan fingerprint density at radius 2 is 1.79 bits per heavy atom. The summed E-state index contributed by atoms with van der Waals surface area (Å²) in [7, 11) is 0. The van der Waals surface area contributed by atoms with Gasteiger partial charge in [-0.2, -0.15) is 0 Å². The van der Waals surface area contributed by atoms with Gasteiger partial charge >= 0.3 is 0 Å². The molecule has 28 heavy (non-hydrogen) atoms. The molecular formula is C22H17N5O. The fourth-order valence-corrected chi connectivity index (χ4v) is 3.51. The first kappa shape index (κ1) is 16.4. The van der Waals surface area contributed by atoms with Gasteiger partial charge in [0.05, 0.1) is 23.6 Å². The molecular weight excluding hydrogens is 350 g/mol. The number of benzene rings is 2. The molecule has 2 N–H and O–H groups in total. The lowest BCUT2D eigenvalue weighted by molar-refractivity contribution is -0.114. The van der Waals surface area contributed by atoms with E-state index < -0.39 is 0 Å². The molecule has 0 saturated heterocycles. The molecule has 136 valence electrons. The van der Waals surface area contributed by atoms with Crippen LogP contribution >= 0.6 is 0 Å². The normalized spacial score (nSPS) is 14.0. The molecule has 0 bridgehead atoms. The third kappa shape index (κ3) is 2.95. The summed E-state index contributed by atoms with van der Waals surface area (Å²) >= 11 is 0. The number of para-hydroxylation sites is 1. The average molecular weight is 367 g/mol. The van der Waals surface area contributed by atoms with Gasteiger partial charge < -0.3 is 0 Å². The number of aromatic nitrogens is 1. The predicted octanol–water partition coefficient (Wildman–Crippen LogP) is 3.20. The SMILES string of the molecule is O=C(NNc1ccccc1)C1=Nc2cc3c(cc2C1)CN=C3c1ccncc1. The maximum atomic E-state index is 12.5. The molecule has 2 aliphatic rings. The van der Waals surface area contributed by atoms with E-state index in [0.717, 1.165) is 33.8 Å². The molecule has 0 saturated carbocycles. The van der Waals surface area contributed by atoms with Crippen LogP contribution < -0.4 is 10.9 Å². The largest absolute Gasteiger partial charge is 0.298 e. The standard InChI is InChI=1S/C22H17N5O/c28-22(27-26-17-4-2-1-3-5-17)20-11-15-10-16-13-24-21(14-6-8-23-9-7-14)18(16)12-19(15)25-20/h1-10,12,26H,11,13H2,(H,27,28). The van der Waals surface area contributed by atoms with Crippen LogP contribution in [-0.2, 0) is 17.8 Å². The van der Waals surface area contributed by atoms with Crippen molar-refractivity contribution in [3.63, 3.8) is 0 Å². The number of amides is 1. The Balaban J connectivity index is 1.36. The zero-order chi connectivity index (χ0) is 18.9. The average Bonchev–Trinajstić information content (AvgIpc) is 3.35. The first-order chi connectivity index (χ1) is 13.8.